The fraction of sp³-hybridized carbons (Fsp3) is 0.269. The number of fused-ring (bicyclic) bond motifs is 1. The first kappa shape index (κ1) is 24.6. The van der Waals surface area contributed by atoms with Gasteiger partial charge in [0.05, 0.1) is 12.9 Å². The Bertz CT molecular complexity index is 1540. The number of pyridine rings is 2. The number of alkyl halides is 1. The normalized spacial score (nSPS) is 13.5. The molecule has 0 saturated carbocycles. The lowest BCUT2D eigenvalue weighted by atomic mass is 10.0. The molecule has 190 valence electrons. The van der Waals surface area contributed by atoms with Gasteiger partial charge in [-0.3, -0.25) is 28.0 Å². The highest BCUT2D eigenvalue weighted by atomic mass is 35.5. The van der Waals surface area contributed by atoms with Gasteiger partial charge >= 0.3 is 0 Å². The van der Waals surface area contributed by atoms with Crippen LogP contribution in [0, 0.1) is 5.92 Å². The molecule has 4 heterocycles. The molecule has 0 spiro atoms. The van der Waals surface area contributed by atoms with Crippen molar-refractivity contribution in [2.75, 3.05) is 19.8 Å². The van der Waals surface area contributed by atoms with Crippen molar-refractivity contribution in [2.45, 2.75) is 13.1 Å². The van der Waals surface area contributed by atoms with E-state index in [4.69, 9.17) is 11.6 Å². The summed E-state index contributed by atoms with van der Waals surface area (Å²) in [6, 6.07) is 10.3. The van der Waals surface area contributed by atoms with E-state index in [9.17, 15) is 18.8 Å². The van der Waals surface area contributed by atoms with Gasteiger partial charge in [-0.15, -0.1) is 0 Å². The van der Waals surface area contributed by atoms with Crippen LogP contribution in [0.3, 0.4) is 0 Å². The maximum atomic E-state index is 13.4. The Morgan fingerprint density at radius 1 is 1.14 bits per heavy atom. The smallest absolute Gasteiger partial charge is 0.265 e. The summed E-state index contributed by atoms with van der Waals surface area (Å²) in [5, 5.41) is 8.05. The molecule has 0 aliphatic carbocycles. The lowest BCUT2D eigenvalue weighted by molar-refractivity contribution is -0.138. The monoisotopic (exact) mass is 522 g/mol. The zero-order valence-corrected chi connectivity index (χ0v) is 20.8. The van der Waals surface area contributed by atoms with Crippen LogP contribution in [0.5, 0.6) is 0 Å². The van der Waals surface area contributed by atoms with Crippen molar-refractivity contribution in [3.8, 4) is 11.1 Å². The lowest BCUT2D eigenvalue weighted by Crippen LogP contribution is -2.52. The van der Waals surface area contributed by atoms with Crippen molar-refractivity contribution in [2.24, 2.45) is 13.0 Å². The van der Waals surface area contributed by atoms with Crippen LogP contribution in [0.1, 0.15) is 15.9 Å². The average Bonchev–Trinajstić information content (AvgIpc) is 3.30. The number of nitrogens with one attached hydrogen (secondary N) is 1. The van der Waals surface area contributed by atoms with Crippen molar-refractivity contribution in [1.82, 2.24) is 29.5 Å². The molecule has 1 N–H and O–H groups in total. The number of hydrogen-bond donors (Lipinski definition) is 1. The molecule has 1 fully saturated rings. The fourth-order valence-electron chi connectivity index (χ4n) is 4.29. The summed E-state index contributed by atoms with van der Waals surface area (Å²) < 4.78 is 15.7. The standard InChI is InChI=1S/C26H24ClFN6O3/c1-32-14-20(11-31-32)19-6-18-7-22(25(36)30-9-16-2-4-21(27)5-3-16)26(37)34(24(18)29-10-19)15-23(35)33-12-17(8-28)13-33/h2-7,10-11,14,17H,8-9,12-13,15H2,1H3,(H,30,36). The number of halogens is 2. The van der Waals surface area contributed by atoms with Crippen LogP contribution in [0.2, 0.25) is 5.02 Å². The molecule has 4 aromatic rings. The van der Waals surface area contributed by atoms with Crippen LogP contribution in [0.4, 0.5) is 4.39 Å². The zero-order valence-electron chi connectivity index (χ0n) is 20.0. The minimum absolute atomic E-state index is 0.107. The number of carbonyl (C=O) groups excluding carboxylic acids is 2. The van der Waals surface area contributed by atoms with Gasteiger partial charge in [0.15, 0.2) is 0 Å². The van der Waals surface area contributed by atoms with E-state index in [0.717, 1.165) is 16.7 Å². The number of amides is 2. The first-order valence-electron chi connectivity index (χ1n) is 11.7. The second-order valence-electron chi connectivity index (χ2n) is 9.12. The molecular weight excluding hydrogens is 499 g/mol. The molecule has 1 saturated heterocycles. The molecule has 3 aromatic heterocycles. The minimum atomic E-state index is -0.626. The molecule has 0 radical (unpaired) electrons. The number of aromatic nitrogens is 4. The molecule has 0 atom stereocenters. The van der Waals surface area contributed by atoms with Crippen LogP contribution in [0.15, 0.2) is 59.8 Å². The van der Waals surface area contributed by atoms with Crippen molar-refractivity contribution in [3.63, 3.8) is 0 Å². The summed E-state index contributed by atoms with van der Waals surface area (Å²) in [7, 11) is 1.80. The summed E-state index contributed by atoms with van der Waals surface area (Å²) in [5.41, 5.74) is 1.93. The molecule has 2 amide bonds. The maximum Gasteiger partial charge on any atom is 0.265 e. The summed E-state index contributed by atoms with van der Waals surface area (Å²) in [6.45, 7) is 0.0169. The molecule has 5 rings (SSSR count). The quantitative estimate of drug-likeness (QED) is 0.402. The third kappa shape index (κ3) is 5.10. The SMILES string of the molecule is Cn1cc(-c2cnc3c(c2)cc(C(=O)NCc2ccc(Cl)cc2)c(=O)n3CC(=O)N2CC(CF)C2)cn1. The van der Waals surface area contributed by atoms with E-state index in [2.05, 4.69) is 15.4 Å². The molecule has 1 aliphatic heterocycles. The topological polar surface area (TPSA) is 102 Å². The Hall–Kier alpha value is -4.05. The summed E-state index contributed by atoms with van der Waals surface area (Å²) in [5.74, 6) is -1.08. The summed E-state index contributed by atoms with van der Waals surface area (Å²) >= 11 is 5.92. The molecule has 0 unspecified atom stereocenters. The van der Waals surface area contributed by atoms with Gasteiger partial charge in [0.2, 0.25) is 5.91 Å². The van der Waals surface area contributed by atoms with E-state index in [1.807, 2.05) is 6.20 Å². The van der Waals surface area contributed by atoms with Crippen molar-refractivity contribution < 1.29 is 14.0 Å². The number of rotatable bonds is 7. The first-order chi connectivity index (χ1) is 17.8. The largest absolute Gasteiger partial charge is 0.348 e. The number of likely N-dealkylation sites (tertiary alicyclic amines) is 1. The van der Waals surface area contributed by atoms with Gasteiger partial charge < -0.3 is 10.2 Å². The highest BCUT2D eigenvalue weighted by Crippen LogP contribution is 2.23. The average molecular weight is 523 g/mol. The van der Waals surface area contributed by atoms with Gasteiger partial charge in [0.1, 0.15) is 17.8 Å². The molecular formula is C26H24ClFN6O3. The van der Waals surface area contributed by atoms with Gasteiger partial charge in [0.25, 0.3) is 11.5 Å². The zero-order chi connectivity index (χ0) is 26.1. The highest BCUT2D eigenvalue weighted by Gasteiger charge is 2.31. The van der Waals surface area contributed by atoms with Gasteiger partial charge in [0, 0.05) is 66.5 Å². The summed E-state index contributed by atoms with van der Waals surface area (Å²) in [6.07, 6.45) is 5.11. The molecule has 1 aromatic carbocycles. The van der Waals surface area contributed by atoms with Crippen LogP contribution in [-0.4, -0.2) is 55.8 Å². The Labute approximate surface area is 216 Å². The van der Waals surface area contributed by atoms with Crippen molar-refractivity contribution in [1.29, 1.82) is 0 Å². The minimum Gasteiger partial charge on any atom is -0.348 e. The van der Waals surface area contributed by atoms with Crippen LogP contribution in [-0.2, 0) is 24.9 Å². The van der Waals surface area contributed by atoms with E-state index in [1.54, 1.807) is 54.5 Å². The van der Waals surface area contributed by atoms with E-state index in [-0.39, 0.29) is 36.1 Å². The van der Waals surface area contributed by atoms with Crippen molar-refractivity contribution in [3.05, 3.63) is 81.5 Å². The predicted molar refractivity (Wildman–Crippen MR) is 137 cm³/mol. The Morgan fingerprint density at radius 3 is 2.57 bits per heavy atom. The highest BCUT2D eigenvalue weighted by molar-refractivity contribution is 6.30. The molecule has 9 nitrogen and oxygen atoms in total. The summed E-state index contributed by atoms with van der Waals surface area (Å²) in [4.78, 5) is 45.4. The lowest BCUT2D eigenvalue weighted by Gasteiger charge is -2.37. The van der Waals surface area contributed by atoms with Gasteiger partial charge in [-0.1, -0.05) is 23.7 Å². The van der Waals surface area contributed by atoms with Crippen LogP contribution >= 0.6 is 11.6 Å². The third-order valence-corrected chi connectivity index (χ3v) is 6.65. The second-order valence-corrected chi connectivity index (χ2v) is 9.55. The number of hydrogen-bond acceptors (Lipinski definition) is 5. The maximum absolute atomic E-state index is 13.4. The van der Waals surface area contributed by atoms with Crippen LogP contribution in [0.25, 0.3) is 22.2 Å². The Balaban J connectivity index is 1.50. The number of aryl methyl sites for hydroxylation is 1. The van der Waals surface area contributed by atoms with Gasteiger partial charge in [-0.25, -0.2) is 4.98 Å². The van der Waals surface area contributed by atoms with Crippen molar-refractivity contribution >= 4 is 34.4 Å². The second kappa shape index (κ2) is 10.1. The first-order valence-corrected chi connectivity index (χ1v) is 12.1. The number of nitrogens with zero attached hydrogens (tertiary/aromatic N) is 5. The third-order valence-electron chi connectivity index (χ3n) is 6.40. The van der Waals surface area contributed by atoms with Crippen LogP contribution < -0.4 is 10.9 Å². The van der Waals surface area contributed by atoms with E-state index in [1.165, 1.54) is 15.5 Å². The molecule has 0 bridgehead atoms. The molecule has 37 heavy (non-hydrogen) atoms. The Kier molecular flexibility index (Phi) is 6.75. The number of carbonyl (C=O) groups is 2. The Morgan fingerprint density at radius 2 is 1.89 bits per heavy atom. The van der Waals surface area contributed by atoms with E-state index < -0.39 is 18.1 Å². The fourth-order valence-corrected chi connectivity index (χ4v) is 4.41. The van der Waals surface area contributed by atoms with Gasteiger partial charge in [-0.05, 0) is 29.8 Å². The molecule has 11 heteroatoms. The number of benzene rings is 1. The van der Waals surface area contributed by atoms with E-state index >= 15 is 0 Å². The molecule has 1 aliphatic rings. The van der Waals surface area contributed by atoms with E-state index in [0.29, 0.717) is 23.5 Å². The van der Waals surface area contributed by atoms with Gasteiger partial charge in [-0.2, -0.15) is 5.10 Å². The predicted octanol–water partition coefficient (Wildman–Crippen LogP) is 2.81.